The van der Waals surface area contributed by atoms with Gasteiger partial charge in [-0.3, -0.25) is 0 Å². The molecule has 0 saturated carbocycles. The molecule has 0 atom stereocenters. The highest BCUT2D eigenvalue weighted by atomic mass is 32.2. The summed E-state index contributed by atoms with van der Waals surface area (Å²) in [6.07, 6.45) is 0. The third kappa shape index (κ3) is 4.31. The first kappa shape index (κ1) is 15.0. The van der Waals surface area contributed by atoms with Gasteiger partial charge in [0.1, 0.15) is 5.75 Å². The second-order valence-corrected chi connectivity index (χ2v) is 6.36. The fraction of sp³-hybridized carbons (Fsp3) is 0.333. The fourth-order valence-electron chi connectivity index (χ4n) is 1.96. The fourth-order valence-corrected chi connectivity index (χ4v) is 2.71. The van der Waals surface area contributed by atoms with Gasteiger partial charge in [0, 0.05) is 10.6 Å². The zero-order valence-corrected chi connectivity index (χ0v) is 13.2. The van der Waals surface area contributed by atoms with Crippen LogP contribution in [0.2, 0.25) is 0 Å². The van der Waals surface area contributed by atoms with E-state index in [9.17, 15) is 0 Å². The molecule has 0 spiro atoms. The number of benzene rings is 2. The number of rotatable bonds is 6. The van der Waals surface area contributed by atoms with Gasteiger partial charge in [0.05, 0.1) is 6.61 Å². The van der Waals surface area contributed by atoms with Gasteiger partial charge in [-0.15, -0.1) is 11.8 Å². The van der Waals surface area contributed by atoms with Crippen molar-refractivity contribution in [1.82, 2.24) is 0 Å². The van der Waals surface area contributed by atoms with Crippen molar-refractivity contribution in [3.05, 3.63) is 59.7 Å². The van der Waals surface area contributed by atoms with Gasteiger partial charge in [0.15, 0.2) is 0 Å². The summed E-state index contributed by atoms with van der Waals surface area (Å²) in [6.45, 7) is 7.26. The molecule has 0 saturated heterocycles. The maximum Gasteiger partial charge on any atom is 0.122 e. The van der Waals surface area contributed by atoms with Gasteiger partial charge in [-0.25, -0.2) is 0 Å². The summed E-state index contributed by atoms with van der Waals surface area (Å²) < 4.78 is 5.93. The van der Waals surface area contributed by atoms with E-state index in [1.807, 2.05) is 17.8 Å². The topological polar surface area (TPSA) is 9.23 Å². The van der Waals surface area contributed by atoms with E-state index < -0.39 is 0 Å². The summed E-state index contributed by atoms with van der Waals surface area (Å²) in [4.78, 5) is 1.30. The Labute approximate surface area is 126 Å². The minimum absolute atomic E-state index is 0.539. The molecule has 0 aliphatic rings. The van der Waals surface area contributed by atoms with E-state index >= 15 is 0 Å². The second-order valence-electron chi connectivity index (χ2n) is 5.19. The molecule has 0 aliphatic heterocycles. The molecule has 0 aliphatic carbocycles. The van der Waals surface area contributed by atoms with Gasteiger partial charge in [-0.1, -0.05) is 44.2 Å². The van der Waals surface area contributed by atoms with Crippen LogP contribution in [0.25, 0.3) is 0 Å². The van der Waals surface area contributed by atoms with E-state index in [0.717, 1.165) is 18.1 Å². The monoisotopic (exact) mass is 286 g/mol. The quantitative estimate of drug-likeness (QED) is 0.527. The first-order chi connectivity index (χ1) is 9.66. The Morgan fingerprint density at radius 1 is 1.05 bits per heavy atom. The Balaban J connectivity index is 1.86. The Morgan fingerprint density at radius 3 is 2.50 bits per heavy atom. The van der Waals surface area contributed by atoms with Crippen molar-refractivity contribution < 1.29 is 4.74 Å². The number of aryl methyl sites for hydroxylation is 1. The number of hydrogen-bond acceptors (Lipinski definition) is 2. The highest BCUT2D eigenvalue weighted by Crippen LogP contribution is 2.25. The van der Waals surface area contributed by atoms with Crippen LogP contribution in [0.5, 0.6) is 5.75 Å². The normalized spacial score (nSPS) is 10.8. The van der Waals surface area contributed by atoms with Crippen molar-refractivity contribution in [1.29, 1.82) is 0 Å². The lowest BCUT2D eigenvalue weighted by Crippen LogP contribution is -2.02. The summed E-state index contributed by atoms with van der Waals surface area (Å²) in [5, 5.41) is 0. The average molecular weight is 286 g/mol. The van der Waals surface area contributed by atoms with Crippen molar-refractivity contribution in [2.75, 3.05) is 12.4 Å². The van der Waals surface area contributed by atoms with Crippen LogP contribution in [-0.2, 0) is 0 Å². The molecule has 0 radical (unpaired) electrons. The predicted molar refractivity (Wildman–Crippen MR) is 87.9 cm³/mol. The summed E-state index contributed by atoms with van der Waals surface area (Å²) in [5.74, 6) is 2.52. The van der Waals surface area contributed by atoms with Crippen LogP contribution < -0.4 is 4.74 Å². The molecule has 0 aromatic heterocycles. The third-order valence-electron chi connectivity index (χ3n) is 3.23. The van der Waals surface area contributed by atoms with Gasteiger partial charge in [0.25, 0.3) is 0 Å². The van der Waals surface area contributed by atoms with E-state index in [1.165, 1.54) is 16.0 Å². The largest absolute Gasteiger partial charge is 0.492 e. The van der Waals surface area contributed by atoms with E-state index in [1.54, 1.807) is 0 Å². The molecule has 0 heterocycles. The van der Waals surface area contributed by atoms with E-state index in [2.05, 4.69) is 63.2 Å². The first-order valence-corrected chi connectivity index (χ1v) is 8.06. The van der Waals surface area contributed by atoms with Gasteiger partial charge in [0.2, 0.25) is 0 Å². The molecule has 2 heteroatoms. The zero-order valence-electron chi connectivity index (χ0n) is 12.4. The smallest absolute Gasteiger partial charge is 0.122 e. The first-order valence-electron chi connectivity index (χ1n) is 7.08. The molecule has 2 aromatic rings. The van der Waals surface area contributed by atoms with Gasteiger partial charge >= 0.3 is 0 Å². The van der Waals surface area contributed by atoms with Gasteiger partial charge < -0.3 is 4.74 Å². The second kappa shape index (κ2) is 7.39. The standard InChI is InChI=1S/C18H22OS/c1-14(2)16-10-9-15(3)18(13-16)19-11-12-20-17-7-5-4-6-8-17/h4-10,13-14H,11-12H2,1-3H3. The molecule has 0 amide bonds. The van der Waals surface area contributed by atoms with E-state index in [-0.39, 0.29) is 0 Å². The summed E-state index contributed by atoms with van der Waals surface area (Å²) in [7, 11) is 0. The number of hydrogen-bond donors (Lipinski definition) is 0. The Morgan fingerprint density at radius 2 is 1.80 bits per heavy atom. The maximum atomic E-state index is 5.93. The summed E-state index contributed by atoms with van der Waals surface area (Å²) >= 11 is 1.83. The van der Waals surface area contributed by atoms with Crippen LogP contribution in [0, 0.1) is 6.92 Å². The average Bonchev–Trinajstić information content (AvgIpc) is 2.46. The lowest BCUT2D eigenvalue weighted by atomic mass is 10.0. The Hall–Kier alpha value is -1.41. The lowest BCUT2D eigenvalue weighted by Gasteiger charge is -2.12. The molecule has 20 heavy (non-hydrogen) atoms. The Kier molecular flexibility index (Phi) is 5.54. The van der Waals surface area contributed by atoms with E-state index in [4.69, 9.17) is 4.74 Å². The van der Waals surface area contributed by atoms with Crippen LogP contribution in [0.1, 0.15) is 30.9 Å². The minimum Gasteiger partial charge on any atom is -0.492 e. The van der Waals surface area contributed by atoms with E-state index in [0.29, 0.717) is 5.92 Å². The van der Waals surface area contributed by atoms with Gasteiger partial charge in [-0.05, 0) is 42.2 Å². The van der Waals surface area contributed by atoms with Crippen LogP contribution in [0.3, 0.4) is 0 Å². The van der Waals surface area contributed by atoms with Crippen LogP contribution in [0.4, 0.5) is 0 Å². The van der Waals surface area contributed by atoms with Crippen LogP contribution in [-0.4, -0.2) is 12.4 Å². The molecule has 0 unspecified atom stereocenters. The Bertz CT molecular complexity index is 534. The van der Waals surface area contributed by atoms with Crippen LogP contribution in [0.15, 0.2) is 53.4 Å². The molecular formula is C18H22OS. The predicted octanol–water partition coefficient (Wildman–Crippen LogP) is 5.29. The molecule has 2 aromatic carbocycles. The molecule has 0 bridgehead atoms. The summed E-state index contributed by atoms with van der Waals surface area (Å²) in [6, 6.07) is 17.0. The number of thioether (sulfide) groups is 1. The molecule has 0 fully saturated rings. The van der Waals surface area contributed by atoms with Crippen molar-refractivity contribution in [2.24, 2.45) is 0 Å². The van der Waals surface area contributed by atoms with Gasteiger partial charge in [-0.2, -0.15) is 0 Å². The van der Waals surface area contributed by atoms with Crippen molar-refractivity contribution in [3.63, 3.8) is 0 Å². The zero-order chi connectivity index (χ0) is 14.4. The molecule has 2 rings (SSSR count). The molecular weight excluding hydrogens is 264 g/mol. The maximum absolute atomic E-state index is 5.93. The number of ether oxygens (including phenoxy) is 1. The SMILES string of the molecule is Cc1ccc(C(C)C)cc1OCCSc1ccccc1. The highest BCUT2D eigenvalue weighted by molar-refractivity contribution is 7.99. The summed E-state index contributed by atoms with van der Waals surface area (Å²) in [5.41, 5.74) is 2.54. The van der Waals surface area contributed by atoms with Crippen molar-refractivity contribution >= 4 is 11.8 Å². The molecule has 1 nitrogen and oxygen atoms in total. The minimum atomic E-state index is 0.539. The lowest BCUT2D eigenvalue weighted by molar-refractivity contribution is 0.341. The van der Waals surface area contributed by atoms with Crippen LogP contribution >= 0.6 is 11.8 Å². The van der Waals surface area contributed by atoms with Crippen molar-refractivity contribution in [2.45, 2.75) is 31.6 Å². The third-order valence-corrected chi connectivity index (χ3v) is 4.21. The highest BCUT2D eigenvalue weighted by Gasteiger charge is 2.04. The van der Waals surface area contributed by atoms with Crippen molar-refractivity contribution in [3.8, 4) is 5.75 Å². The molecule has 0 N–H and O–H groups in total. The molecule has 106 valence electrons.